The lowest BCUT2D eigenvalue weighted by atomic mass is 10.00. The number of nitrogens with one attached hydrogen (secondary N) is 1. The van der Waals surface area contributed by atoms with Crippen molar-refractivity contribution < 1.29 is 8.42 Å². The third-order valence-electron chi connectivity index (χ3n) is 6.54. The number of likely N-dealkylation sites (tertiary alicyclic amines) is 1. The van der Waals surface area contributed by atoms with Gasteiger partial charge in [0, 0.05) is 23.1 Å². The Balaban J connectivity index is 1.60. The van der Waals surface area contributed by atoms with Gasteiger partial charge in [0.25, 0.3) is 0 Å². The molecule has 1 fully saturated rings. The highest BCUT2D eigenvalue weighted by atomic mass is 32.2. The Hall–Kier alpha value is -2.11. The monoisotopic (exact) mass is 424 g/mol. The number of aromatic nitrogens is 1. The molecule has 1 N–H and O–H groups in total. The molecule has 0 bridgehead atoms. The standard InChI is InChI=1S/C25H32N2O2S/c1-3-8-23(30(28,29)22-10-5-4-6-11-22)15-19-12-13-25-24(16-19)20(18-26-25)17-21-9-7-14-27(21)2/h4-6,10-13,16,18,21,23,26H,3,7-9,14-15,17H2,1-2H3. The fourth-order valence-corrected chi connectivity index (χ4v) is 6.65. The lowest BCUT2D eigenvalue weighted by molar-refractivity contribution is 0.310. The van der Waals surface area contributed by atoms with Crippen molar-refractivity contribution in [3.63, 3.8) is 0 Å². The minimum Gasteiger partial charge on any atom is -0.361 e. The van der Waals surface area contributed by atoms with Gasteiger partial charge in [-0.25, -0.2) is 8.42 Å². The smallest absolute Gasteiger partial charge is 0.181 e. The number of sulfone groups is 1. The molecule has 1 aliphatic rings. The largest absolute Gasteiger partial charge is 0.361 e. The summed E-state index contributed by atoms with van der Waals surface area (Å²) in [5.74, 6) is 0. The van der Waals surface area contributed by atoms with Crippen molar-refractivity contribution in [3.05, 3.63) is 65.9 Å². The van der Waals surface area contributed by atoms with Gasteiger partial charge < -0.3 is 9.88 Å². The van der Waals surface area contributed by atoms with E-state index < -0.39 is 15.1 Å². The first-order chi connectivity index (χ1) is 14.5. The van der Waals surface area contributed by atoms with Gasteiger partial charge in [-0.1, -0.05) is 37.6 Å². The second-order valence-electron chi connectivity index (χ2n) is 8.65. The molecule has 1 saturated heterocycles. The molecule has 160 valence electrons. The highest BCUT2D eigenvalue weighted by Gasteiger charge is 2.27. The maximum absolute atomic E-state index is 13.3. The molecule has 2 heterocycles. The number of hydrogen-bond donors (Lipinski definition) is 1. The average molecular weight is 425 g/mol. The summed E-state index contributed by atoms with van der Waals surface area (Å²) < 4.78 is 26.5. The van der Waals surface area contributed by atoms with Crippen molar-refractivity contribution in [3.8, 4) is 0 Å². The first-order valence-corrected chi connectivity index (χ1v) is 12.6. The van der Waals surface area contributed by atoms with Crippen LogP contribution in [0.2, 0.25) is 0 Å². The zero-order valence-electron chi connectivity index (χ0n) is 18.0. The van der Waals surface area contributed by atoms with Crippen LogP contribution in [-0.4, -0.2) is 43.2 Å². The number of fused-ring (bicyclic) bond motifs is 1. The van der Waals surface area contributed by atoms with Crippen molar-refractivity contribution in [2.24, 2.45) is 0 Å². The fourth-order valence-electron chi connectivity index (χ4n) is 4.77. The van der Waals surface area contributed by atoms with E-state index in [0.29, 0.717) is 23.8 Å². The first kappa shape index (κ1) is 21.1. The van der Waals surface area contributed by atoms with Crippen LogP contribution < -0.4 is 0 Å². The van der Waals surface area contributed by atoms with E-state index in [2.05, 4.69) is 48.3 Å². The lowest BCUT2D eigenvalue weighted by Crippen LogP contribution is -2.26. The summed E-state index contributed by atoms with van der Waals surface area (Å²) in [6.45, 7) is 3.23. The van der Waals surface area contributed by atoms with Crippen LogP contribution in [0.25, 0.3) is 10.9 Å². The molecule has 30 heavy (non-hydrogen) atoms. The maximum Gasteiger partial charge on any atom is 0.181 e. The van der Waals surface area contributed by atoms with Crippen LogP contribution in [0.15, 0.2) is 59.6 Å². The topological polar surface area (TPSA) is 53.2 Å². The van der Waals surface area contributed by atoms with Gasteiger partial charge in [0.15, 0.2) is 9.84 Å². The molecule has 4 rings (SSSR count). The summed E-state index contributed by atoms with van der Waals surface area (Å²) in [6.07, 6.45) is 7.76. The zero-order chi connectivity index (χ0) is 21.1. The van der Waals surface area contributed by atoms with Gasteiger partial charge in [0.05, 0.1) is 10.1 Å². The van der Waals surface area contributed by atoms with Gasteiger partial charge in [-0.3, -0.25) is 0 Å². The van der Waals surface area contributed by atoms with Gasteiger partial charge in [0.1, 0.15) is 0 Å². The summed E-state index contributed by atoms with van der Waals surface area (Å²) in [5.41, 5.74) is 3.57. The van der Waals surface area contributed by atoms with Crippen LogP contribution in [0.3, 0.4) is 0 Å². The highest BCUT2D eigenvalue weighted by Crippen LogP contribution is 2.28. The van der Waals surface area contributed by atoms with Crippen LogP contribution in [-0.2, 0) is 22.7 Å². The molecule has 1 aromatic heterocycles. The van der Waals surface area contributed by atoms with Crippen molar-refractivity contribution in [2.45, 2.75) is 61.6 Å². The highest BCUT2D eigenvalue weighted by molar-refractivity contribution is 7.92. The van der Waals surface area contributed by atoms with E-state index in [4.69, 9.17) is 0 Å². The van der Waals surface area contributed by atoms with Gasteiger partial charge in [0.2, 0.25) is 0 Å². The van der Waals surface area contributed by atoms with E-state index in [1.54, 1.807) is 24.3 Å². The Kier molecular flexibility index (Phi) is 6.30. The molecular formula is C25H32N2O2S. The van der Waals surface area contributed by atoms with Crippen molar-refractivity contribution in [1.82, 2.24) is 9.88 Å². The molecular weight excluding hydrogens is 392 g/mol. The minimum atomic E-state index is -3.35. The molecule has 5 heteroatoms. The number of H-pyrrole nitrogens is 1. The minimum absolute atomic E-state index is 0.397. The predicted octanol–water partition coefficient (Wildman–Crippen LogP) is 4.99. The second-order valence-corrected chi connectivity index (χ2v) is 10.9. The van der Waals surface area contributed by atoms with Gasteiger partial charge in [-0.2, -0.15) is 0 Å². The van der Waals surface area contributed by atoms with Crippen LogP contribution >= 0.6 is 0 Å². The SMILES string of the molecule is CCCC(Cc1ccc2[nH]cc(CC3CCCN3C)c2c1)S(=O)(=O)c1ccccc1. The third kappa shape index (κ3) is 4.33. The number of hydrogen-bond acceptors (Lipinski definition) is 3. The van der Waals surface area contributed by atoms with E-state index in [-0.39, 0.29) is 0 Å². The maximum atomic E-state index is 13.3. The second kappa shape index (κ2) is 8.94. The van der Waals surface area contributed by atoms with Crippen molar-refractivity contribution in [1.29, 1.82) is 0 Å². The number of benzene rings is 2. The van der Waals surface area contributed by atoms with Gasteiger partial charge in [-0.05, 0) is 81.1 Å². The first-order valence-electron chi connectivity index (χ1n) is 11.1. The van der Waals surface area contributed by atoms with Crippen LogP contribution in [0.1, 0.15) is 43.7 Å². The molecule has 2 aromatic carbocycles. The predicted molar refractivity (Wildman–Crippen MR) is 124 cm³/mol. The average Bonchev–Trinajstić information content (AvgIpc) is 3.34. The van der Waals surface area contributed by atoms with Gasteiger partial charge >= 0.3 is 0 Å². The molecule has 2 atom stereocenters. The van der Waals surface area contributed by atoms with E-state index in [9.17, 15) is 8.42 Å². The molecule has 0 saturated carbocycles. The quantitative estimate of drug-likeness (QED) is 0.554. The summed E-state index contributed by atoms with van der Waals surface area (Å²) in [4.78, 5) is 6.28. The molecule has 0 spiro atoms. The van der Waals surface area contributed by atoms with Gasteiger partial charge in [-0.15, -0.1) is 0 Å². The number of likely N-dealkylation sites (N-methyl/N-ethyl adjacent to an activating group) is 1. The van der Waals surface area contributed by atoms with Crippen LogP contribution in [0.4, 0.5) is 0 Å². The van der Waals surface area contributed by atoms with E-state index in [1.165, 1.54) is 30.3 Å². The van der Waals surface area contributed by atoms with Crippen molar-refractivity contribution >= 4 is 20.7 Å². The number of rotatable bonds is 8. The molecule has 2 unspecified atom stereocenters. The molecule has 4 nitrogen and oxygen atoms in total. The number of aromatic amines is 1. The van der Waals surface area contributed by atoms with Crippen molar-refractivity contribution in [2.75, 3.05) is 13.6 Å². The van der Waals surface area contributed by atoms with E-state index in [0.717, 1.165) is 23.9 Å². The molecule has 0 radical (unpaired) electrons. The summed E-state index contributed by atoms with van der Waals surface area (Å²) in [5, 5.41) is 0.839. The lowest BCUT2D eigenvalue weighted by Gasteiger charge is -2.19. The Morgan fingerprint density at radius 1 is 1.17 bits per heavy atom. The summed E-state index contributed by atoms with van der Waals surface area (Å²) in [6, 6.07) is 15.9. The zero-order valence-corrected chi connectivity index (χ0v) is 18.8. The summed E-state index contributed by atoms with van der Waals surface area (Å²) >= 11 is 0. The van der Waals surface area contributed by atoms with E-state index in [1.807, 2.05) is 6.07 Å². The molecule has 1 aliphatic heterocycles. The normalized spacial score (nSPS) is 18.8. The Labute approximate surface area is 180 Å². The Bertz CT molecular complexity index is 1090. The Morgan fingerprint density at radius 2 is 1.97 bits per heavy atom. The van der Waals surface area contributed by atoms with Crippen LogP contribution in [0, 0.1) is 0 Å². The third-order valence-corrected chi connectivity index (χ3v) is 8.75. The number of nitrogens with zero attached hydrogens (tertiary/aromatic N) is 1. The summed E-state index contributed by atoms with van der Waals surface area (Å²) in [7, 11) is -1.14. The fraction of sp³-hybridized carbons (Fsp3) is 0.440. The van der Waals surface area contributed by atoms with E-state index >= 15 is 0 Å². The molecule has 0 aliphatic carbocycles. The Morgan fingerprint density at radius 3 is 2.67 bits per heavy atom. The molecule has 0 amide bonds. The van der Waals surface area contributed by atoms with Crippen LogP contribution in [0.5, 0.6) is 0 Å². The molecule has 3 aromatic rings.